The number of ether oxygens (including phenoxy) is 2. The summed E-state index contributed by atoms with van der Waals surface area (Å²) in [4.78, 5) is 0.0900. The highest BCUT2D eigenvalue weighted by molar-refractivity contribution is 7.89. The van der Waals surface area contributed by atoms with E-state index in [0.29, 0.717) is 25.6 Å². The highest BCUT2D eigenvalue weighted by Crippen LogP contribution is 2.20. The number of hydrogen-bond acceptors (Lipinski definition) is 4. The average Bonchev–Trinajstić information content (AvgIpc) is 2.24. The Bertz CT molecular complexity index is 470. The molecule has 0 aliphatic carbocycles. The summed E-state index contributed by atoms with van der Waals surface area (Å²) in [5, 5.41) is 5.03. The molecule has 0 radical (unpaired) electrons. The van der Waals surface area contributed by atoms with E-state index in [4.69, 9.17) is 14.6 Å². The van der Waals surface area contributed by atoms with E-state index >= 15 is 0 Å². The molecule has 0 atom stereocenters. The topological polar surface area (TPSA) is 78.6 Å². The fraction of sp³-hybridized carbons (Fsp3) is 0.455. The monoisotopic (exact) mass is 259 g/mol. The third kappa shape index (κ3) is 4.33. The molecule has 0 aromatic heterocycles. The van der Waals surface area contributed by atoms with Gasteiger partial charge < -0.3 is 9.47 Å². The Morgan fingerprint density at radius 2 is 2.00 bits per heavy atom. The number of sulfonamides is 1. The summed E-state index contributed by atoms with van der Waals surface area (Å²) < 4.78 is 32.8. The summed E-state index contributed by atoms with van der Waals surface area (Å²) in [5.41, 5.74) is 0.730. The fourth-order valence-electron chi connectivity index (χ4n) is 1.32. The van der Waals surface area contributed by atoms with Gasteiger partial charge in [0.25, 0.3) is 0 Å². The fourth-order valence-corrected chi connectivity index (χ4v) is 1.91. The first-order valence-corrected chi connectivity index (χ1v) is 6.83. The standard InChI is InChI=1S/C11H17NO4S/c1-3-15-6-7-16-11-5-4-10(8-9(11)2)17(12,13)14/h4-5,8H,3,6-7H2,1-2H3,(H2,12,13,14). The van der Waals surface area contributed by atoms with E-state index in [9.17, 15) is 8.42 Å². The number of aryl methyl sites for hydroxylation is 1. The largest absolute Gasteiger partial charge is 0.491 e. The second kappa shape index (κ2) is 6.00. The molecule has 0 unspecified atom stereocenters. The van der Waals surface area contributed by atoms with Crippen molar-refractivity contribution in [2.24, 2.45) is 5.14 Å². The molecule has 0 saturated heterocycles. The van der Waals surface area contributed by atoms with Crippen LogP contribution in [0.1, 0.15) is 12.5 Å². The molecular formula is C11H17NO4S. The van der Waals surface area contributed by atoms with Gasteiger partial charge in [-0.1, -0.05) is 0 Å². The van der Waals surface area contributed by atoms with Crippen molar-refractivity contribution >= 4 is 10.0 Å². The molecule has 0 saturated carbocycles. The van der Waals surface area contributed by atoms with E-state index in [1.54, 1.807) is 13.0 Å². The molecule has 0 aliphatic rings. The zero-order valence-electron chi connectivity index (χ0n) is 9.97. The second-order valence-electron chi connectivity index (χ2n) is 3.52. The van der Waals surface area contributed by atoms with E-state index in [1.165, 1.54) is 12.1 Å². The Kier molecular flexibility index (Phi) is 4.92. The third-order valence-corrected chi connectivity index (χ3v) is 3.08. The van der Waals surface area contributed by atoms with Crippen molar-refractivity contribution in [2.45, 2.75) is 18.7 Å². The van der Waals surface area contributed by atoms with Crippen LogP contribution >= 0.6 is 0 Å². The van der Waals surface area contributed by atoms with Gasteiger partial charge in [0.05, 0.1) is 11.5 Å². The molecule has 1 aromatic rings. The Hall–Kier alpha value is -1.11. The predicted octanol–water partition coefficient (Wildman–Crippen LogP) is 1.06. The molecule has 0 fully saturated rings. The zero-order valence-corrected chi connectivity index (χ0v) is 10.8. The predicted molar refractivity (Wildman–Crippen MR) is 64.5 cm³/mol. The van der Waals surface area contributed by atoms with Gasteiger partial charge in [-0.15, -0.1) is 0 Å². The molecule has 2 N–H and O–H groups in total. The van der Waals surface area contributed by atoms with Crippen molar-refractivity contribution in [3.63, 3.8) is 0 Å². The first-order chi connectivity index (χ1) is 7.95. The minimum atomic E-state index is -3.65. The Labute approximate surface area is 102 Å². The summed E-state index contributed by atoms with van der Waals surface area (Å²) in [7, 11) is -3.65. The first-order valence-electron chi connectivity index (χ1n) is 5.29. The van der Waals surface area contributed by atoms with Crippen molar-refractivity contribution in [3.8, 4) is 5.75 Å². The van der Waals surface area contributed by atoms with Crippen molar-refractivity contribution < 1.29 is 17.9 Å². The molecule has 1 rings (SSSR count). The molecule has 17 heavy (non-hydrogen) atoms. The van der Waals surface area contributed by atoms with Crippen LogP contribution in [-0.2, 0) is 14.8 Å². The van der Waals surface area contributed by atoms with Crippen LogP contribution in [0.25, 0.3) is 0 Å². The molecular weight excluding hydrogens is 242 g/mol. The van der Waals surface area contributed by atoms with Crippen molar-refractivity contribution in [3.05, 3.63) is 23.8 Å². The molecule has 96 valence electrons. The molecule has 0 aliphatic heterocycles. The van der Waals surface area contributed by atoms with Crippen LogP contribution in [0.15, 0.2) is 23.1 Å². The highest BCUT2D eigenvalue weighted by Gasteiger charge is 2.09. The van der Waals surface area contributed by atoms with Gasteiger partial charge in [-0.05, 0) is 37.6 Å². The lowest BCUT2D eigenvalue weighted by atomic mass is 10.2. The van der Waals surface area contributed by atoms with Crippen LogP contribution in [0, 0.1) is 6.92 Å². The third-order valence-electron chi connectivity index (χ3n) is 2.16. The van der Waals surface area contributed by atoms with E-state index in [0.717, 1.165) is 5.56 Å². The van der Waals surface area contributed by atoms with Crippen molar-refractivity contribution in [1.82, 2.24) is 0 Å². The molecule has 5 nitrogen and oxygen atoms in total. The SMILES string of the molecule is CCOCCOc1ccc(S(N)(=O)=O)cc1C. The number of hydrogen-bond donors (Lipinski definition) is 1. The van der Waals surface area contributed by atoms with Crippen molar-refractivity contribution in [1.29, 1.82) is 0 Å². The molecule has 0 bridgehead atoms. The van der Waals surface area contributed by atoms with Crippen LogP contribution in [0.2, 0.25) is 0 Å². The Morgan fingerprint density at radius 1 is 1.29 bits per heavy atom. The smallest absolute Gasteiger partial charge is 0.238 e. The van der Waals surface area contributed by atoms with E-state index < -0.39 is 10.0 Å². The minimum absolute atomic E-state index is 0.0900. The van der Waals surface area contributed by atoms with E-state index in [-0.39, 0.29) is 4.90 Å². The highest BCUT2D eigenvalue weighted by atomic mass is 32.2. The van der Waals surface area contributed by atoms with Crippen LogP contribution in [0.3, 0.4) is 0 Å². The quantitative estimate of drug-likeness (QED) is 0.775. The lowest BCUT2D eigenvalue weighted by Gasteiger charge is -2.10. The van der Waals surface area contributed by atoms with E-state index in [2.05, 4.69) is 0 Å². The van der Waals surface area contributed by atoms with Gasteiger partial charge in [0.15, 0.2) is 0 Å². The molecule has 1 aromatic carbocycles. The van der Waals surface area contributed by atoms with Gasteiger partial charge in [0.2, 0.25) is 10.0 Å². The number of rotatable bonds is 6. The van der Waals surface area contributed by atoms with Gasteiger partial charge in [0.1, 0.15) is 12.4 Å². The lowest BCUT2D eigenvalue weighted by Crippen LogP contribution is -2.12. The summed E-state index contributed by atoms with van der Waals surface area (Å²) in [5.74, 6) is 0.636. The van der Waals surface area contributed by atoms with Crippen molar-refractivity contribution in [2.75, 3.05) is 19.8 Å². The lowest BCUT2D eigenvalue weighted by molar-refractivity contribution is 0.110. The molecule has 0 amide bonds. The maximum absolute atomic E-state index is 11.1. The van der Waals surface area contributed by atoms with E-state index in [1.807, 2.05) is 6.92 Å². The van der Waals surface area contributed by atoms with Gasteiger partial charge in [0, 0.05) is 6.61 Å². The first kappa shape index (κ1) is 14.0. The Balaban J connectivity index is 2.70. The molecule has 0 heterocycles. The van der Waals surface area contributed by atoms with Crippen LogP contribution in [0.4, 0.5) is 0 Å². The zero-order chi connectivity index (χ0) is 12.9. The van der Waals surface area contributed by atoms with Gasteiger partial charge in [-0.3, -0.25) is 0 Å². The van der Waals surface area contributed by atoms with Crippen LogP contribution in [0.5, 0.6) is 5.75 Å². The number of nitrogens with two attached hydrogens (primary N) is 1. The Morgan fingerprint density at radius 3 is 2.53 bits per heavy atom. The normalized spacial score (nSPS) is 11.5. The molecule has 6 heteroatoms. The molecule has 0 spiro atoms. The second-order valence-corrected chi connectivity index (χ2v) is 5.08. The summed E-state index contributed by atoms with van der Waals surface area (Å²) >= 11 is 0. The average molecular weight is 259 g/mol. The van der Waals surface area contributed by atoms with Gasteiger partial charge in [-0.25, -0.2) is 13.6 Å². The van der Waals surface area contributed by atoms with Crippen LogP contribution in [-0.4, -0.2) is 28.2 Å². The minimum Gasteiger partial charge on any atom is -0.491 e. The summed E-state index contributed by atoms with van der Waals surface area (Å²) in [6.45, 7) is 5.26. The number of benzene rings is 1. The maximum Gasteiger partial charge on any atom is 0.238 e. The van der Waals surface area contributed by atoms with Gasteiger partial charge >= 0.3 is 0 Å². The maximum atomic E-state index is 11.1. The van der Waals surface area contributed by atoms with Crippen LogP contribution < -0.4 is 9.88 Å². The van der Waals surface area contributed by atoms with Gasteiger partial charge in [-0.2, -0.15) is 0 Å². The number of primary sulfonamides is 1. The summed E-state index contributed by atoms with van der Waals surface area (Å²) in [6, 6.07) is 4.52. The summed E-state index contributed by atoms with van der Waals surface area (Å²) in [6.07, 6.45) is 0.